The van der Waals surface area contributed by atoms with Gasteiger partial charge >= 0.3 is 0 Å². The van der Waals surface area contributed by atoms with Crippen LogP contribution in [0.25, 0.3) is 0 Å². The number of hydrogen-bond donors (Lipinski definition) is 0. The Balaban J connectivity index is 1.74. The van der Waals surface area contributed by atoms with Crippen LogP contribution in [0, 0.1) is 17.3 Å². The van der Waals surface area contributed by atoms with E-state index in [0.29, 0.717) is 5.41 Å². The SMILES string of the molecule is C=C1CCCC/C1=C/C=C1\CCCC2(C)C(C/C=C/CC)CCC12. The van der Waals surface area contributed by atoms with E-state index < -0.39 is 0 Å². The number of allylic oxidation sites excluding steroid dienone is 7. The summed E-state index contributed by atoms with van der Waals surface area (Å²) in [6.07, 6.45) is 24.4. The molecule has 3 unspecified atom stereocenters. The van der Waals surface area contributed by atoms with Crippen LogP contribution < -0.4 is 0 Å². The monoisotopic (exact) mass is 324 g/mol. The zero-order valence-corrected chi connectivity index (χ0v) is 15.9. The van der Waals surface area contributed by atoms with Crippen molar-refractivity contribution in [3.63, 3.8) is 0 Å². The molecule has 3 saturated carbocycles. The van der Waals surface area contributed by atoms with E-state index in [4.69, 9.17) is 0 Å². The first-order valence-electron chi connectivity index (χ1n) is 10.4. The van der Waals surface area contributed by atoms with Crippen LogP contribution >= 0.6 is 0 Å². The maximum absolute atomic E-state index is 4.29. The first-order chi connectivity index (χ1) is 11.6. The van der Waals surface area contributed by atoms with Crippen molar-refractivity contribution >= 4 is 0 Å². The van der Waals surface area contributed by atoms with Gasteiger partial charge in [0, 0.05) is 0 Å². The molecule has 0 aromatic carbocycles. The van der Waals surface area contributed by atoms with Crippen LogP contribution in [-0.4, -0.2) is 0 Å². The van der Waals surface area contributed by atoms with Crippen molar-refractivity contribution in [2.45, 2.75) is 84.5 Å². The Hall–Kier alpha value is -1.04. The van der Waals surface area contributed by atoms with Crippen LogP contribution in [0.4, 0.5) is 0 Å². The van der Waals surface area contributed by atoms with Gasteiger partial charge in [0.1, 0.15) is 0 Å². The van der Waals surface area contributed by atoms with E-state index in [1.807, 2.05) is 0 Å². The van der Waals surface area contributed by atoms with Crippen molar-refractivity contribution in [2.75, 3.05) is 0 Å². The van der Waals surface area contributed by atoms with Crippen molar-refractivity contribution in [2.24, 2.45) is 17.3 Å². The highest BCUT2D eigenvalue weighted by Gasteiger charge is 2.48. The molecule has 0 amide bonds. The van der Waals surface area contributed by atoms with Crippen LogP contribution in [0.3, 0.4) is 0 Å². The van der Waals surface area contributed by atoms with Crippen LogP contribution in [0.5, 0.6) is 0 Å². The Morgan fingerprint density at radius 1 is 1.04 bits per heavy atom. The molecule has 0 saturated heterocycles. The summed E-state index contributed by atoms with van der Waals surface area (Å²) in [6, 6.07) is 0. The molecule has 24 heavy (non-hydrogen) atoms. The van der Waals surface area contributed by atoms with Gasteiger partial charge in [-0.25, -0.2) is 0 Å². The van der Waals surface area contributed by atoms with Crippen molar-refractivity contribution in [1.29, 1.82) is 0 Å². The smallest absolute Gasteiger partial charge is 0.0143 e. The molecule has 0 spiro atoms. The molecule has 3 aliphatic carbocycles. The molecule has 3 rings (SSSR count). The Morgan fingerprint density at radius 2 is 1.88 bits per heavy atom. The summed E-state index contributed by atoms with van der Waals surface area (Å²) in [4.78, 5) is 0. The summed E-state index contributed by atoms with van der Waals surface area (Å²) in [5.41, 5.74) is 5.22. The van der Waals surface area contributed by atoms with E-state index in [2.05, 4.69) is 44.7 Å². The van der Waals surface area contributed by atoms with Crippen LogP contribution in [0.2, 0.25) is 0 Å². The van der Waals surface area contributed by atoms with Crippen molar-refractivity contribution < 1.29 is 0 Å². The van der Waals surface area contributed by atoms with Gasteiger partial charge in [-0.2, -0.15) is 0 Å². The summed E-state index contributed by atoms with van der Waals surface area (Å²) in [6.45, 7) is 9.12. The number of hydrogen-bond acceptors (Lipinski definition) is 0. The molecule has 0 nitrogen and oxygen atoms in total. The Bertz CT molecular complexity index is 544. The van der Waals surface area contributed by atoms with Gasteiger partial charge in [0.05, 0.1) is 0 Å². The predicted octanol–water partition coefficient (Wildman–Crippen LogP) is 7.54. The van der Waals surface area contributed by atoms with Gasteiger partial charge in [-0.15, -0.1) is 0 Å². The Labute approximate surface area is 149 Å². The lowest BCUT2D eigenvalue weighted by atomic mass is 9.63. The fraction of sp³-hybridized carbons (Fsp3) is 0.667. The summed E-state index contributed by atoms with van der Waals surface area (Å²) >= 11 is 0. The Morgan fingerprint density at radius 3 is 2.67 bits per heavy atom. The van der Waals surface area contributed by atoms with Gasteiger partial charge < -0.3 is 0 Å². The molecule has 0 aliphatic heterocycles. The third kappa shape index (κ3) is 3.63. The molecule has 3 fully saturated rings. The number of fused-ring (bicyclic) bond motifs is 1. The third-order valence-electron chi connectivity index (χ3n) is 7.11. The molecule has 0 heterocycles. The predicted molar refractivity (Wildman–Crippen MR) is 106 cm³/mol. The summed E-state index contributed by atoms with van der Waals surface area (Å²) in [5, 5.41) is 0. The van der Waals surface area contributed by atoms with Crippen LogP contribution in [0.15, 0.2) is 47.6 Å². The molecule has 0 radical (unpaired) electrons. The fourth-order valence-electron chi connectivity index (χ4n) is 5.56. The van der Waals surface area contributed by atoms with E-state index in [1.165, 1.54) is 81.8 Å². The standard InChI is InChI=1S/C24H36/c1-4-5-6-13-22-16-17-23-21(12-9-18-24(22,23)3)15-14-20-11-8-7-10-19(20)2/h5-6,14-15,22-23H,2,4,7-13,16-18H2,1,3H3/b6-5+,20-14-,21-15+. The van der Waals surface area contributed by atoms with Crippen LogP contribution in [-0.2, 0) is 0 Å². The highest BCUT2D eigenvalue weighted by atomic mass is 14.5. The van der Waals surface area contributed by atoms with Crippen molar-refractivity contribution in [3.05, 3.63) is 47.6 Å². The second-order valence-electron chi connectivity index (χ2n) is 8.55. The minimum atomic E-state index is 0.546. The van der Waals surface area contributed by atoms with Gasteiger partial charge in [-0.3, -0.25) is 0 Å². The summed E-state index contributed by atoms with van der Waals surface area (Å²) < 4.78 is 0. The molecular formula is C24H36. The molecule has 3 aliphatic rings. The minimum Gasteiger partial charge on any atom is -0.0956 e. The van der Waals surface area contributed by atoms with E-state index in [1.54, 1.807) is 5.57 Å². The second kappa shape index (κ2) is 7.89. The molecule has 0 aromatic rings. The molecule has 0 heteroatoms. The quantitative estimate of drug-likeness (QED) is 0.468. The average Bonchev–Trinajstić information content (AvgIpc) is 2.91. The van der Waals surface area contributed by atoms with Gasteiger partial charge in [0.25, 0.3) is 0 Å². The van der Waals surface area contributed by atoms with E-state index in [-0.39, 0.29) is 0 Å². The molecule has 0 bridgehead atoms. The third-order valence-corrected chi connectivity index (χ3v) is 7.11. The Kier molecular flexibility index (Phi) is 5.85. The first kappa shape index (κ1) is 17.8. The van der Waals surface area contributed by atoms with E-state index in [9.17, 15) is 0 Å². The molecule has 132 valence electrons. The summed E-state index contributed by atoms with van der Waals surface area (Å²) in [7, 11) is 0. The topological polar surface area (TPSA) is 0 Å². The van der Waals surface area contributed by atoms with Crippen LogP contribution in [0.1, 0.15) is 84.5 Å². The largest absolute Gasteiger partial charge is 0.0956 e. The van der Waals surface area contributed by atoms with E-state index >= 15 is 0 Å². The van der Waals surface area contributed by atoms with Crippen molar-refractivity contribution in [1.82, 2.24) is 0 Å². The normalized spacial score (nSPS) is 37.5. The second-order valence-corrected chi connectivity index (χ2v) is 8.55. The highest BCUT2D eigenvalue weighted by molar-refractivity contribution is 5.35. The van der Waals surface area contributed by atoms with Gasteiger partial charge in [-0.1, -0.05) is 55.9 Å². The average molecular weight is 325 g/mol. The van der Waals surface area contributed by atoms with Gasteiger partial charge in [0.15, 0.2) is 0 Å². The molecule has 0 N–H and O–H groups in total. The number of rotatable bonds is 4. The lowest BCUT2D eigenvalue weighted by Crippen LogP contribution is -2.33. The van der Waals surface area contributed by atoms with Gasteiger partial charge in [0.2, 0.25) is 0 Å². The zero-order valence-electron chi connectivity index (χ0n) is 15.9. The van der Waals surface area contributed by atoms with Crippen molar-refractivity contribution in [3.8, 4) is 0 Å². The maximum atomic E-state index is 4.29. The molecule has 3 atom stereocenters. The minimum absolute atomic E-state index is 0.546. The highest BCUT2D eigenvalue weighted by Crippen LogP contribution is 2.58. The lowest BCUT2D eigenvalue weighted by molar-refractivity contribution is 0.137. The fourth-order valence-corrected chi connectivity index (χ4v) is 5.56. The molecular weight excluding hydrogens is 288 g/mol. The zero-order chi connectivity index (χ0) is 17.0. The van der Waals surface area contributed by atoms with Gasteiger partial charge in [-0.05, 0) is 93.5 Å². The van der Waals surface area contributed by atoms with E-state index in [0.717, 1.165) is 11.8 Å². The lowest BCUT2D eigenvalue weighted by Gasteiger charge is -2.42. The summed E-state index contributed by atoms with van der Waals surface area (Å²) in [5.74, 6) is 1.73. The first-order valence-corrected chi connectivity index (χ1v) is 10.4. The molecule has 0 aromatic heterocycles. The maximum Gasteiger partial charge on any atom is -0.0143 e.